The molecule has 0 amide bonds. The number of ether oxygens (including phenoxy) is 1. The Kier molecular flexibility index (Phi) is 3.46. The minimum absolute atomic E-state index is 0.0361. The van der Waals surface area contributed by atoms with Crippen LogP contribution in [0.5, 0.6) is 0 Å². The third kappa shape index (κ3) is 2.42. The lowest BCUT2D eigenvalue weighted by Crippen LogP contribution is -2.49. The SMILES string of the molecule is O=C(O)c1ccc([N+](=O)[O-])c(N2CCOC3CCCC32)n1. The Morgan fingerprint density at radius 2 is 2.29 bits per heavy atom. The van der Waals surface area contributed by atoms with Crippen LogP contribution in [0.3, 0.4) is 0 Å². The number of aromatic nitrogens is 1. The number of hydrogen-bond acceptors (Lipinski definition) is 6. The number of anilines is 1. The van der Waals surface area contributed by atoms with Gasteiger partial charge in [0.15, 0.2) is 5.69 Å². The summed E-state index contributed by atoms with van der Waals surface area (Å²) >= 11 is 0. The van der Waals surface area contributed by atoms with Crippen LogP contribution < -0.4 is 4.90 Å². The van der Waals surface area contributed by atoms with E-state index in [1.165, 1.54) is 6.07 Å². The summed E-state index contributed by atoms with van der Waals surface area (Å²) in [5.74, 6) is -1.05. The molecule has 1 saturated carbocycles. The molecule has 1 saturated heterocycles. The first kappa shape index (κ1) is 13.7. The Morgan fingerprint density at radius 3 is 3.00 bits per heavy atom. The highest BCUT2D eigenvalue weighted by atomic mass is 16.6. The minimum Gasteiger partial charge on any atom is -0.477 e. The summed E-state index contributed by atoms with van der Waals surface area (Å²) in [5.41, 5.74) is -0.343. The van der Waals surface area contributed by atoms with E-state index in [1.54, 1.807) is 0 Å². The van der Waals surface area contributed by atoms with E-state index in [-0.39, 0.29) is 29.3 Å². The predicted octanol–water partition coefficient (Wildman–Crippen LogP) is 1.45. The van der Waals surface area contributed by atoms with E-state index >= 15 is 0 Å². The molecule has 0 spiro atoms. The molecule has 2 aliphatic rings. The highest BCUT2D eigenvalue weighted by Crippen LogP contribution is 2.36. The van der Waals surface area contributed by atoms with E-state index < -0.39 is 10.9 Å². The van der Waals surface area contributed by atoms with Gasteiger partial charge in [0.1, 0.15) is 0 Å². The van der Waals surface area contributed by atoms with E-state index in [0.29, 0.717) is 13.2 Å². The van der Waals surface area contributed by atoms with Crippen molar-refractivity contribution >= 4 is 17.5 Å². The maximum Gasteiger partial charge on any atom is 0.354 e. The summed E-state index contributed by atoms with van der Waals surface area (Å²) in [4.78, 5) is 27.6. The average Bonchev–Trinajstić information content (AvgIpc) is 2.94. The summed E-state index contributed by atoms with van der Waals surface area (Å²) < 4.78 is 5.68. The van der Waals surface area contributed by atoms with E-state index in [4.69, 9.17) is 9.84 Å². The van der Waals surface area contributed by atoms with Crippen LogP contribution in [-0.2, 0) is 4.74 Å². The molecular formula is C13H15N3O5. The fraction of sp³-hybridized carbons (Fsp3) is 0.538. The molecule has 1 aromatic heterocycles. The van der Waals surface area contributed by atoms with Gasteiger partial charge in [-0.25, -0.2) is 9.78 Å². The number of carbonyl (C=O) groups is 1. The average molecular weight is 293 g/mol. The molecule has 1 aliphatic carbocycles. The molecule has 8 nitrogen and oxygen atoms in total. The van der Waals surface area contributed by atoms with Gasteiger partial charge in [0.25, 0.3) is 0 Å². The monoisotopic (exact) mass is 293 g/mol. The van der Waals surface area contributed by atoms with Gasteiger partial charge in [-0.05, 0) is 25.3 Å². The van der Waals surface area contributed by atoms with Crippen LogP contribution in [0.2, 0.25) is 0 Å². The molecule has 1 aliphatic heterocycles. The zero-order valence-electron chi connectivity index (χ0n) is 11.3. The van der Waals surface area contributed by atoms with Crippen LogP contribution in [0.25, 0.3) is 0 Å². The number of nitrogens with zero attached hydrogens (tertiary/aromatic N) is 3. The normalized spacial score (nSPS) is 24.7. The Balaban J connectivity index is 2.04. The van der Waals surface area contributed by atoms with Crippen molar-refractivity contribution in [2.24, 2.45) is 0 Å². The lowest BCUT2D eigenvalue weighted by molar-refractivity contribution is -0.384. The van der Waals surface area contributed by atoms with Crippen molar-refractivity contribution in [1.82, 2.24) is 4.98 Å². The van der Waals surface area contributed by atoms with Crippen LogP contribution >= 0.6 is 0 Å². The van der Waals surface area contributed by atoms with Crippen molar-refractivity contribution < 1.29 is 19.6 Å². The molecule has 2 heterocycles. The summed E-state index contributed by atoms with van der Waals surface area (Å²) in [6, 6.07) is 2.41. The first-order valence-corrected chi connectivity index (χ1v) is 6.85. The Bertz CT molecular complexity index is 591. The van der Waals surface area contributed by atoms with Crippen molar-refractivity contribution in [2.45, 2.75) is 31.4 Å². The largest absolute Gasteiger partial charge is 0.477 e. The molecule has 3 rings (SSSR count). The van der Waals surface area contributed by atoms with Crippen LogP contribution in [0.15, 0.2) is 12.1 Å². The minimum atomic E-state index is -1.19. The van der Waals surface area contributed by atoms with Gasteiger partial charge < -0.3 is 14.7 Å². The summed E-state index contributed by atoms with van der Waals surface area (Å²) in [5, 5.41) is 20.2. The molecule has 1 aromatic rings. The standard InChI is InChI=1S/C13H15N3O5/c17-13(18)8-4-5-10(16(19)20)12(14-8)15-6-7-21-11-3-1-2-9(11)15/h4-5,9,11H,1-3,6-7H2,(H,17,18). The molecule has 1 N–H and O–H groups in total. The number of rotatable bonds is 3. The Hall–Kier alpha value is -2.22. The number of carboxylic acids is 1. The molecule has 0 bridgehead atoms. The molecule has 2 fully saturated rings. The molecule has 112 valence electrons. The fourth-order valence-electron chi connectivity index (χ4n) is 3.10. The molecular weight excluding hydrogens is 278 g/mol. The lowest BCUT2D eigenvalue weighted by atomic mass is 10.1. The highest BCUT2D eigenvalue weighted by molar-refractivity contribution is 5.86. The van der Waals surface area contributed by atoms with Gasteiger partial charge in [-0.3, -0.25) is 10.1 Å². The predicted molar refractivity (Wildman–Crippen MR) is 72.6 cm³/mol. The number of hydrogen-bond donors (Lipinski definition) is 1. The van der Waals surface area contributed by atoms with Gasteiger partial charge >= 0.3 is 11.7 Å². The first-order valence-electron chi connectivity index (χ1n) is 6.85. The van der Waals surface area contributed by atoms with E-state index in [2.05, 4.69) is 4.98 Å². The van der Waals surface area contributed by atoms with Crippen molar-refractivity contribution in [3.8, 4) is 0 Å². The summed E-state index contributed by atoms with van der Waals surface area (Å²) in [7, 11) is 0. The number of fused-ring (bicyclic) bond motifs is 1. The fourth-order valence-corrected chi connectivity index (χ4v) is 3.10. The Labute approximate surface area is 120 Å². The summed E-state index contributed by atoms with van der Waals surface area (Å²) in [6.45, 7) is 0.954. The van der Waals surface area contributed by atoms with Crippen LogP contribution in [-0.4, -0.2) is 46.3 Å². The zero-order chi connectivity index (χ0) is 15.0. The third-order valence-corrected chi connectivity index (χ3v) is 4.02. The summed E-state index contributed by atoms with van der Waals surface area (Å²) in [6.07, 6.45) is 2.85. The van der Waals surface area contributed by atoms with Gasteiger partial charge in [-0.15, -0.1) is 0 Å². The van der Waals surface area contributed by atoms with E-state index in [0.717, 1.165) is 25.3 Å². The smallest absolute Gasteiger partial charge is 0.354 e. The molecule has 8 heteroatoms. The number of carboxylic acid groups (broad SMARTS) is 1. The maximum absolute atomic E-state index is 11.2. The lowest BCUT2D eigenvalue weighted by Gasteiger charge is -2.38. The van der Waals surface area contributed by atoms with Crippen LogP contribution in [0, 0.1) is 10.1 Å². The second kappa shape index (κ2) is 5.28. The number of aromatic carboxylic acids is 1. The van der Waals surface area contributed by atoms with Crippen molar-refractivity contribution in [3.05, 3.63) is 27.9 Å². The molecule has 2 atom stereocenters. The van der Waals surface area contributed by atoms with Crippen LogP contribution in [0.4, 0.5) is 11.5 Å². The number of morpholine rings is 1. The highest BCUT2D eigenvalue weighted by Gasteiger charge is 2.39. The van der Waals surface area contributed by atoms with E-state index in [9.17, 15) is 14.9 Å². The number of nitro groups is 1. The maximum atomic E-state index is 11.2. The van der Waals surface area contributed by atoms with Crippen LogP contribution in [0.1, 0.15) is 29.8 Å². The van der Waals surface area contributed by atoms with E-state index in [1.807, 2.05) is 4.90 Å². The Morgan fingerprint density at radius 1 is 1.48 bits per heavy atom. The van der Waals surface area contributed by atoms with Crippen molar-refractivity contribution in [1.29, 1.82) is 0 Å². The quantitative estimate of drug-likeness (QED) is 0.664. The van der Waals surface area contributed by atoms with Gasteiger partial charge in [0.2, 0.25) is 5.82 Å². The first-order chi connectivity index (χ1) is 10.1. The zero-order valence-corrected chi connectivity index (χ0v) is 11.3. The van der Waals surface area contributed by atoms with Gasteiger partial charge in [-0.2, -0.15) is 0 Å². The second-order valence-electron chi connectivity index (χ2n) is 5.20. The molecule has 21 heavy (non-hydrogen) atoms. The van der Waals surface area contributed by atoms with Gasteiger partial charge in [-0.1, -0.05) is 0 Å². The van der Waals surface area contributed by atoms with Crippen molar-refractivity contribution in [2.75, 3.05) is 18.1 Å². The van der Waals surface area contributed by atoms with Gasteiger partial charge in [0.05, 0.1) is 23.7 Å². The number of pyridine rings is 1. The molecule has 2 unspecified atom stereocenters. The topological polar surface area (TPSA) is 106 Å². The third-order valence-electron chi connectivity index (χ3n) is 4.02. The molecule has 0 aromatic carbocycles. The van der Waals surface area contributed by atoms with Gasteiger partial charge in [0, 0.05) is 12.6 Å². The second-order valence-corrected chi connectivity index (χ2v) is 5.20. The molecule has 0 radical (unpaired) electrons. The van der Waals surface area contributed by atoms with Crippen molar-refractivity contribution in [3.63, 3.8) is 0 Å².